The van der Waals surface area contributed by atoms with Crippen molar-refractivity contribution in [1.82, 2.24) is 24.3 Å². The van der Waals surface area contributed by atoms with Crippen molar-refractivity contribution in [3.05, 3.63) is 28.5 Å². The molecule has 3 heterocycles. The van der Waals surface area contributed by atoms with Crippen molar-refractivity contribution in [2.45, 2.75) is 39.2 Å². The number of carbonyl (C=O) groups excluding carboxylic acids is 1. The standard InChI is InChI=1S/C14H19N5OS/c1-3-12-13(21-17-16-12)14(20)18-6-4-5-11(9-18)19-8-10(2)7-15-19/h7-8,11H,3-6,9H2,1-2H3. The maximum atomic E-state index is 12.6. The molecule has 6 nitrogen and oxygen atoms in total. The highest BCUT2D eigenvalue weighted by Gasteiger charge is 2.28. The summed E-state index contributed by atoms with van der Waals surface area (Å²) in [5.74, 6) is 0.0652. The summed E-state index contributed by atoms with van der Waals surface area (Å²) in [5, 5.41) is 8.42. The van der Waals surface area contributed by atoms with Crippen molar-refractivity contribution in [3.63, 3.8) is 0 Å². The average Bonchev–Trinajstić information content (AvgIpc) is 3.15. The van der Waals surface area contributed by atoms with Gasteiger partial charge in [0.25, 0.3) is 5.91 Å². The van der Waals surface area contributed by atoms with E-state index in [4.69, 9.17) is 0 Å². The molecule has 0 saturated carbocycles. The fourth-order valence-electron chi connectivity index (χ4n) is 2.73. The van der Waals surface area contributed by atoms with Crippen LogP contribution in [0.5, 0.6) is 0 Å². The van der Waals surface area contributed by atoms with Gasteiger partial charge >= 0.3 is 0 Å². The molecular formula is C14H19N5OS. The van der Waals surface area contributed by atoms with E-state index in [-0.39, 0.29) is 11.9 Å². The maximum Gasteiger partial charge on any atom is 0.267 e. The van der Waals surface area contributed by atoms with Gasteiger partial charge in [0.05, 0.1) is 17.9 Å². The van der Waals surface area contributed by atoms with E-state index in [0.717, 1.165) is 37.1 Å². The molecule has 3 rings (SSSR count). The number of aryl methyl sites for hydroxylation is 2. The van der Waals surface area contributed by atoms with Crippen LogP contribution in [0.3, 0.4) is 0 Å². The molecule has 0 N–H and O–H groups in total. The lowest BCUT2D eigenvalue weighted by molar-refractivity contribution is 0.0676. The third kappa shape index (κ3) is 2.83. The highest BCUT2D eigenvalue weighted by atomic mass is 32.1. The first-order valence-corrected chi connectivity index (χ1v) is 8.07. The van der Waals surface area contributed by atoms with E-state index in [1.807, 2.05) is 35.8 Å². The Labute approximate surface area is 127 Å². The number of likely N-dealkylation sites (tertiary alicyclic amines) is 1. The van der Waals surface area contributed by atoms with E-state index in [0.29, 0.717) is 11.4 Å². The van der Waals surface area contributed by atoms with E-state index in [1.165, 1.54) is 11.5 Å². The number of amides is 1. The van der Waals surface area contributed by atoms with Gasteiger partial charge in [0, 0.05) is 19.3 Å². The summed E-state index contributed by atoms with van der Waals surface area (Å²) < 4.78 is 5.90. The minimum absolute atomic E-state index is 0.0652. The van der Waals surface area contributed by atoms with E-state index >= 15 is 0 Å². The minimum atomic E-state index is 0.0652. The first-order chi connectivity index (χ1) is 10.2. The number of carbonyl (C=O) groups is 1. The van der Waals surface area contributed by atoms with Crippen LogP contribution in [-0.2, 0) is 6.42 Å². The van der Waals surface area contributed by atoms with Gasteiger partial charge in [-0.1, -0.05) is 11.4 Å². The third-order valence-corrected chi connectivity index (χ3v) is 4.63. The van der Waals surface area contributed by atoms with Crippen LogP contribution in [0.4, 0.5) is 0 Å². The van der Waals surface area contributed by atoms with Crippen molar-refractivity contribution in [3.8, 4) is 0 Å². The van der Waals surface area contributed by atoms with Crippen LogP contribution in [0.2, 0.25) is 0 Å². The van der Waals surface area contributed by atoms with Crippen molar-refractivity contribution < 1.29 is 4.79 Å². The SMILES string of the molecule is CCc1nnsc1C(=O)N1CCCC(n2cc(C)cn2)C1. The second kappa shape index (κ2) is 5.93. The predicted molar refractivity (Wildman–Crippen MR) is 80.4 cm³/mol. The monoisotopic (exact) mass is 305 g/mol. The van der Waals surface area contributed by atoms with E-state index in [1.54, 1.807) is 0 Å². The largest absolute Gasteiger partial charge is 0.336 e. The number of hydrogen-bond donors (Lipinski definition) is 0. The van der Waals surface area contributed by atoms with Gasteiger partial charge in [-0.3, -0.25) is 9.48 Å². The molecule has 112 valence electrons. The van der Waals surface area contributed by atoms with Gasteiger partial charge < -0.3 is 4.90 Å². The highest BCUT2D eigenvalue weighted by Crippen LogP contribution is 2.24. The van der Waals surface area contributed by atoms with Crippen molar-refractivity contribution in [2.24, 2.45) is 0 Å². The second-order valence-corrected chi connectivity index (χ2v) is 6.20. The smallest absolute Gasteiger partial charge is 0.267 e. The summed E-state index contributed by atoms with van der Waals surface area (Å²) in [5.41, 5.74) is 1.96. The van der Waals surface area contributed by atoms with Gasteiger partial charge in [-0.05, 0) is 43.3 Å². The molecule has 0 radical (unpaired) electrons. The lowest BCUT2D eigenvalue weighted by Crippen LogP contribution is -2.40. The molecule has 1 aliphatic heterocycles. The number of hydrogen-bond acceptors (Lipinski definition) is 5. The Morgan fingerprint density at radius 3 is 3.10 bits per heavy atom. The van der Waals surface area contributed by atoms with Gasteiger partial charge in [0.1, 0.15) is 4.88 Å². The molecule has 1 amide bonds. The lowest BCUT2D eigenvalue weighted by atomic mass is 10.1. The molecule has 2 aromatic rings. The Morgan fingerprint density at radius 2 is 2.38 bits per heavy atom. The van der Waals surface area contributed by atoms with Crippen LogP contribution in [0.25, 0.3) is 0 Å². The summed E-state index contributed by atoms with van der Waals surface area (Å²) in [6.07, 6.45) is 6.72. The maximum absolute atomic E-state index is 12.6. The van der Waals surface area contributed by atoms with E-state index in [2.05, 4.69) is 14.7 Å². The number of piperidine rings is 1. The lowest BCUT2D eigenvalue weighted by Gasteiger charge is -2.32. The Bertz CT molecular complexity index is 635. The van der Waals surface area contributed by atoms with Gasteiger partial charge in [-0.15, -0.1) is 5.10 Å². The summed E-state index contributed by atoms with van der Waals surface area (Å²) in [4.78, 5) is 15.3. The predicted octanol–water partition coefficient (Wildman–Crippen LogP) is 2.08. The van der Waals surface area contributed by atoms with E-state index < -0.39 is 0 Å². The average molecular weight is 305 g/mol. The van der Waals surface area contributed by atoms with Crippen LogP contribution >= 0.6 is 11.5 Å². The van der Waals surface area contributed by atoms with Gasteiger partial charge in [0.15, 0.2) is 0 Å². The second-order valence-electron chi connectivity index (χ2n) is 5.45. The molecule has 0 aliphatic carbocycles. The Morgan fingerprint density at radius 1 is 1.52 bits per heavy atom. The molecular weight excluding hydrogens is 286 g/mol. The molecule has 1 fully saturated rings. The van der Waals surface area contributed by atoms with Crippen LogP contribution in [0.15, 0.2) is 12.4 Å². The fraction of sp³-hybridized carbons (Fsp3) is 0.571. The number of nitrogens with zero attached hydrogens (tertiary/aromatic N) is 5. The summed E-state index contributed by atoms with van der Waals surface area (Å²) in [6.45, 7) is 5.54. The summed E-state index contributed by atoms with van der Waals surface area (Å²) >= 11 is 1.20. The van der Waals surface area contributed by atoms with Crippen LogP contribution in [-0.4, -0.2) is 43.3 Å². The molecule has 0 spiro atoms. The number of rotatable bonds is 3. The normalized spacial score (nSPS) is 19.0. The zero-order valence-electron chi connectivity index (χ0n) is 12.3. The van der Waals surface area contributed by atoms with Crippen LogP contribution in [0, 0.1) is 6.92 Å². The number of aromatic nitrogens is 4. The molecule has 21 heavy (non-hydrogen) atoms. The van der Waals surface area contributed by atoms with Gasteiger partial charge in [-0.2, -0.15) is 5.10 Å². The molecule has 1 aliphatic rings. The Kier molecular flexibility index (Phi) is 4.01. The van der Waals surface area contributed by atoms with Gasteiger partial charge in [-0.25, -0.2) is 0 Å². The molecule has 1 atom stereocenters. The molecule has 1 unspecified atom stereocenters. The summed E-state index contributed by atoms with van der Waals surface area (Å²) in [6, 6.07) is 0.266. The molecule has 0 aromatic carbocycles. The van der Waals surface area contributed by atoms with Crippen LogP contribution < -0.4 is 0 Å². The highest BCUT2D eigenvalue weighted by molar-refractivity contribution is 7.08. The van der Waals surface area contributed by atoms with Crippen molar-refractivity contribution in [1.29, 1.82) is 0 Å². The minimum Gasteiger partial charge on any atom is -0.336 e. The molecule has 2 aromatic heterocycles. The Balaban J connectivity index is 1.75. The van der Waals surface area contributed by atoms with Crippen molar-refractivity contribution in [2.75, 3.05) is 13.1 Å². The zero-order chi connectivity index (χ0) is 14.8. The topological polar surface area (TPSA) is 63.9 Å². The first kappa shape index (κ1) is 14.2. The summed E-state index contributed by atoms with van der Waals surface area (Å²) in [7, 11) is 0. The Hall–Kier alpha value is -1.76. The molecule has 7 heteroatoms. The van der Waals surface area contributed by atoms with Crippen LogP contribution in [0.1, 0.15) is 46.7 Å². The molecule has 0 bridgehead atoms. The molecule has 1 saturated heterocycles. The third-order valence-electron chi connectivity index (χ3n) is 3.87. The first-order valence-electron chi connectivity index (χ1n) is 7.30. The zero-order valence-corrected chi connectivity index (χ0v) is 13.1. The fourth-order valence-corrected chi connectivity index (χ4v) is 3.45. The van der Waals surface area contributed by atoms with Crippen molar-refractivity contribution >= 4 is 17.4 Å². The van der Waals surface area contributed by atoms with E-state index in [9.17, 15) is 4.79 Å². The quantitative estimate of drug-likeness (QED) is 0.871. The van der Waals surface area contributed by atoms with Gasteiger partial charge in [0.2, 0.25) is 0 Å².